The molecule has 3 nitrogen and oxygen atoms in total. The first kappa shape index (κ1) is 14.6. The van der Waals surface area contributed by atoms with Crippen molar-refractivity contribution < 1.29 is 4.74 Å². The normalized spacial score (nSPS) is 10.5. The predicted octanol–water partition coefficient (Wildman–Crippen LogP) is 5.12. The van der Waals surface area contributed by atoms with Gasteiger partial charge < -0.3 is 10.1 Å². The highest BCUT2D eigenvalue weighted by molar-refractivity contribution is 7.14. The minimum atomic E-state index is 0.843. The minimum Gasteiger partial charge on any atom is -0.497 e. The number of hydrogen-bond donors (Lipinski definition) is 1. The molecular formula is C18H18N2OS. The number of aromatic nitrogens is 1. The second kappa shape index (κ2) is 6.62. The lowest BCUT2D eigenvalue weighted by Crippen LogP contribution is -1.90. The summed E-state index contributed by atoms with van der Waals surface area (Å²) in [6.45, 7) is 2.16. The molecule has 0 unspecified atom stereocenters. The van der Waals surface area contributed by atoms with Crippen LogP contribution in [0.25, 0.3) is 11.3 Å². The van der Waals surface area contributed by atoms with E-state index in [0.717, 1.165) is 34.2 Å². The number of anilines is 2. The summed E-state index contributed by atoms with van der Waals surface area (Å²) >= 11 is 1.60. The Labute approximate surface area is 134 Å². The lowest BCUT2D eigenvalue weighted by atomic mass is 10.1. The number of nitrogens with zero attached hydrogens (tertiary/aromatic N) is 1. The topological polar surface area (TPSA) is 34.2 Å². The van der Waals surface area contributed by atoms with E-state index < -0.39 is 0 Å². The van der Waals surface area contributed by atoms with Crippen molar-refractivity contribution in [3.63, 3.8) is 0 Å². The molecule has 0 spiro atoms. The second-order valence-electron chi connectivity index (χ2n) is 4.95. The van der Waals surface area contributed by atoms with Crippen LogP contribution in [-0.2, 0) is 6.42 Å². The fourth-order valence-corrected chi connectivity index (χ4v) is 2.93. The summed E-state index contributed by atoms with van der Waals surface area (Å²) in [4.78, 5) is 4.65. The lowest BCUT2D eigenvalue weighted by Gasteiger charge is -2.04. The van der Waals surface area contributed by atoms with Gasteiger partial charge in [0.05, 0.1) is 12.8 Å². The monoisotopic (exact) mass is 310 g/mol. The van der Waals surface area contributed by atoms with Gasteiger partial charge in [-0.25, -0.2) is 4.98 Å². The third-order valence-electron chi connectivity index (χ3n) is 3.48. The van der Waals surface area contributed by atoms with Crippen molar-refractivity contribution in [1.29, 1.82) is 0 Å². The Morgan fingerprint density at radius 3 is 2.68 bits per heavy atom. The summed E-state index contributed by atoms with van der Waals surface area (Å²) in [5.74, 6) is 0.843. The van der Waals surface area contributed by atoms with Crippen molar-refractivity contribution in [3.8, 4) is 17.0 Å². The molecule has 22 heavy (non-hydrogen) atoms. The molecule has 3 rings (SSSR count). The molecule has 1 N–H and O–H groups in total. The zero-order valence-electron chi connectivity index (χ0n) is 12.7. The van der Waals surface area contributed by atoms with Gasteiger partial charge in [-0.15, -0.1) is 11.3 Å². The Morgan fingerprint density at radius 1 is 1.14 bits per heavy atom. The molecule has 1 heterocycles. The van der Waals surface area contributed by atoms with E-state index in [-0.39, 0.29) is 0 Å². The quantitative estimate of drug-likeness (QED) is 0.710. The summed E-state index contributed by atoms with van der Waals surface area (Å²) in [6, 6.07) is 16.4. The molecule has 2 aromatic carbocycles. The number of hydrogen-bond acceptors (Lipinski definition) is 4. The Hall–Kier alpha value is -2.33. The summed E-state index contributed by atoms with van der Waals surface area (Å²) < 4.78 is 5.26. The second-order valence-corrected chi connectivity index (χ2v) is 5.80. The van der Waals surface area contributed by atoms with Gasteiger partial charge in [0.1, 0.15) is 5.75 Å². The Bertz CT molecular complexity index is 750. The van der Waals surface area contributed by atoms with Gasteiger partial charge in [-0.1, -0.05) is 31.2 Å². The first-order valence-corrected chi connectivity index (χ1v) is 8.12. The third-order valence-corrected chi connectivity index (χ3v) is 4.24. The highest BCUT2D eigenvalue weighted by Crippen LogP contribution is 2.29. The molecule has 0 fully saturated rings. The van der Waals surface area contributed by atoms with E-state index in [1.165, 1.54) is 5.56 Å². The highest BCUT2D eigenvalue weighted by Gasteiger charge is 2.06. The van der Waals surface area contributed by atoms with Gasteiger partial charge in [0.2, 0.25) is 0 Å². The maximum atomic E-state index is 5.26. The number of aryl methyl sites for hydroxylation is 1. The fourth-order valence-electron chi connectivity index (χ4n) is 2.19. The molecule has 3 aromatic rings. The molecule has 0 saturated heterocycles. The lowest BCUT2D eigenvalue weighted by molar-refractivity contribution is 0.415. The number of thiazole rings is 1. The van der Waals surface area contributed by atoms with Gasteiger partial charge in [0.25, 0.3) is 0 Å². The zero-order chi connectivity index (χ0) is 15.4. The van der Waals surface area contributed by atoms with Crippen molar-refractivity contribution >= 4 is 22.2 Å². The van der Waals surface area contributed by atoms with Crippen LogP contribution in [0, 0.1) is 0 Å². The van der Waals surface area contributed by atoms with E-state index in [1.54, 1.807) is 18.4 Å². The van der Waals surface area contributed by atoms with Crippen LogP contribution in [0.15, 0.2) is 53.9 Å². The zero-order valence-corrected chi connectivity index (χ0v) is 13.5. The number of methoxy groups -OCH3 is 1. The van der Waals surface area contributed by atoms with E-state index in [9.17, 15) is 0 Å². The molecule has 0 aliphatic heterocycles. The molecule has 0 radical (unpaired) electrons. The minimum absolute atomic E-state index is 0.843. The van der Waals surface area contributed by atoms with Gasteiger partial charge in [-0.2, -0.15) is 0 Å². The Kier molecular flexibility index (Phi) is 4.39. The Morgan fingerprint density at radius 2 is 1.95 bits per heavy atom. The van der Waals surface area contributed by atoms with E-state index in [4.69, 9.17) is 4.74 Å². The van der Waals surface area contributed by atoms with Crippen LogP contribution in [-0.4, -0.2) is 12.1 Å². The van der Waals surface area contributed by atoms with Crippen LogP contribution in [0.4, 0.5) is 10.8 Å². The molecule has 0 bridgehead atoms. The largest absolute Gasteiger partial charge is 0.497 e. The van der Waals surface area contributed by atoms with E-state index in [1.807, 2.05) is 24.3 Å². The van der Waals surface area contributed by atoms with Crippen molar-refractivity contribution in [2.75, 3.05) is 12.4 Å². The molecule has 112 valence electrons. The van der Waals surface area contributed by atoms with E-state index >= 15 is 0 Å². The standard InChI is InChI=1S/C18H18N2OS/c1-3-13-7-9-15(10-8-13)19-18-20-17(12-22-18)14-5-4-6-16(11-14)21-2/h4-12H,3H2,1-2H3,(H,19,20). The number of ether oxygens (including phenoxy) is 1. The third kappa shape index (κ3) is 3.28. The number of benzene rings is 2. The van der Waals surface area contributed by atoms with Crippen LogP contribution < -0.4 is 10.1 Å². The summed E-state index contributed by atoms with van der Waals surface area (Å²) in [6.07, 6.45) is 1.05. The first-order chi connectivity index (χ1) is 10.8. The molecule has 0 aliphatic carbocycles. The molecule has 4 heteroatoms. The first-order valence-electron chi connectivity index (χ1n) is 7.24. The highest BCUT2D eigenvalue weighted by atomic mass is 32.1. The van der Waals surface area contributed by atoms with Crippen LogP contribution in [0.3, 0.4) is 0 Å². The fraction of sp³-hybridized carbons (Fsp3) is 0.167. The van der Waals surface area contributed by atoms with Gasteiger partial charge >= 0.3 is 0 Å². The Balaban J connectivity index is 1.77. The maximum absolute atomic E-state index is 5.26. The van der Waals surface area contributed by atoms with Crippen molar-refractivity contribution in [2.24, 2.45) is 0 Å². The van der Waals surface area contributed by atoms with Gasteiger partial charge in [-0.05, 0) is 36.2 Å². The van der Waals surface area contributed by atoms with Gasteiger partial charge in [0.15, 0.2) is 5.13 Å². The van der Waals surface area contributed by atoms with Crippen LogP contribution in [0.1, 0.15) is 12.5 Å². The van der Waals surface area contributed by atoms with E-state index in [2.05, 4.69) is 46.9 Å². The van der Waals surface area contributed by atoms with Crippen molar-refractivity contribution in [3.05, 3.63) is 59.5 Å². The van der Waals surface area contributed by atoms with Crippen LogP contribution in [0.5, 0.6) is 5.75 Å². The molecule has 0 aliphatic rings. The average Bonchev–Trinajstić information content (AvgIpc) is 3.04. The number of rotatable bonds is 5. The molecule has 0 atom stereocenters. The number of nitrogens with one attached hydrogen (secondary N) is 1. The van der Waals surface area contributed by atoms with Crippen molar-refractivity contribution in [1.82, 2.24) is 4.98 Å². The molecular weight excluding hydrogens is 292 g/mol. The molecule has 0 amide bonds. The SMILES string of the molecule is CCc1ccc(Nc2nc(-c3cccc(OC)c3)cs2)cc1. The van der Waals surface area contributed by atoms with Crippen molar-refractivity contribution in [2.45, 2.75) is 13.3 Å². The predicted molar refractivity (Wildman–Crippen MR) is 93.2 cm³/mol. The average molecular weight is 310 g/mol. The summed E-state index contributed by atoms with van der Waals surface area (Å²) in [5.41, 5.74) is 4.41. The molecule has 1 aromatic heterocycles. The summed E-state index contributed by atoms with van der Waals surface area (Å²) in [7, 11) is 1.67. The van der Waals surface area contributed by atoms with Gasteiger partial charge in [-0.3, -0.25) is 0 Å². The van der Waals surface area contributed by atoms with Gasteiger partial charge in [0, 0.05) is 16.6 Å². The summed E-state index contributed by atoms with van der Waals surface area (Å²) in [5, 5.41) is 6.29. The maximum Gasteiger partial charge on any atom is 0.187 e. The van der Waals surface area contributed by atoms with Crippen LogP contribution in [0.2, 0.25) is 0 Å². The smallest absolute Gasteiger partial charge is 0.187 e. The van der Waals surface area contributed by atoms with E-state index in [0.29, 0.717) is 0 Å². The van der Waals surface area contributed by atoms with Crippen LogP contribution >= 0.6 is 11.3 Å². The molecule has 0 saturated carbocycles.